The van der Waals surface area contributed by atoms with Crippen LogP contribution in [0.5, 0.6) is 0 Å². The molecule has 0 radical (unpaired) electrons. The van der Waals surface area contributed by atoms with Gasteiger partial charge in [0.25, 0.3) is 0 Å². The van der Waals surface area contributed by atoms with E-state index in [1.54, 1.807) is 19.2 Å². The summed E-state index contributed by atoms with van der Waals surface area (Å²) in [4.78, 5) is 4.50. The Bertz CT molecular complexity index is 692. The Balaban J connectivity index is 0.00000392. The SMILES string of the molecule is CCCCOCCCNC(=NC)NCc1ccc(S(=O)(=O)NC2CC2)cc1.I. The summed E-state index contributed by atoms with van der Waals surface area (Å²) in [6, 6.07) is 7.05. The number of rotatable bonds is 12. The maximum absolute atomic E-state index is 12.2. The molecule has 0 unspecified atom stereocenters. The number of benzene rings is 1. The van der Waals surface area contributed by atoms with Crippen molar-refractivity contribution in [2.24, 2.45) is 4.99 Å². The Kier molecular flexibility index (Phi) is 12.0. The van der Waals surface area contributed by atoms with Gasteiger partial charge in [-0.15, -0.1) is 24.0 Å². The summed E-state index contributed by atoms with van der Waals surface area (Å²) in [6.45, 7) is 5.08. The van der Waals surface area contributed by atoms with Crippen molar-refractivity contribution in [3.05, 3.63) is 29.8 Å². The monoisotopic (exact) mass is 524 g/mol. The van der Waals surface area contributed by atoms with E-state index in [-0.39, 0.29) is 30.0 Å². The van der Waals surface area contributed by atoms with Gasteiger partial charge in [0.2, 0.25) is 10.0 Å². The Morgan fingerprint density at radius 2 is 1.82 bits per heavy atom. The van der Waals surface area contributed by atoms with Gasteiger partial charge in [-0.25, -0.2) is 13.1 Å². The number of halogens is 1. The summed E-state index contributed by atoms with van der Waals surface area (Å²) in [5.74, 6) is 0.718. The molecule has 0 spiro atoms. The fourth-order valence-electron chi connectivity index (χ4n) is 2.41. The minimum Gasteiger partial charge on any atom is -0.381 e. The van der Waals surface area contributed by atoms with E-state index in [4.69, 9.17) is 4.74 Å². The van der Waals surface area contributed by atoms with Gasteiger partial charge in [-0.3, -0.25) is 4.99 Å². The summed E-state index contributed by atoms with van der Waals surface area (Å²) in [5, 5.41) is 6.48. The molecular weight excluding hydrogens is 491 g/mol. The zero-order valence-electron chi connectivity index (χ0n) is 16.7. The third-order valence-corrected chi connectivity index (χ3v) is 5.75. The topological polar surface area (TPSA) is 91.8 Å². The second-order valence-corrected chi connectivity index (χ2v) is 8.43. The van der Waals surface area contributed by atoms with E-state index in [9.17, 15) is 8.42 Å². The lowest BCUT2D eigenvalue weighted by Crippen LogP contribution is -2.37. The van der Waals surface area contributed by atoms with Gasteiger partial charge in [0, 0.05) is 39.4 Å². The molecule has 2 rings (SSSR count). The van der Waals surface area contributed by atoms with Crippen molar-refractivity contribution in [1.82, 2.24) is 15.4 Å². The van der Waals surface area contributed by atoms with Crippen molar-refractivity contribution >= 4 is 40.0 Å². The van der Waals surface area contributed by atoms with Crippen LogP contribution in [0.15, 0.2) is 34.2 Å². The Morgan fingerprint density at radius 1 is 1.14 bits per heavy atom. The van der Waals surface area contributed by atoms with Crippen LogP contribution in [-0.4, -0.2) is 47.2 Å². The summed E-state index contributed by atoms with van der Waals surface area (Å²) in [5.41, 5.74) is 0.992. The van der Waals surface area contributed by atoms with E-state index >= 15 is 0 Å². The second-order valence-electron chi connectivity index (χ2n) is 6.71. The largest absolute Gasteiger partial charge is 0.381 e. The molecule has 1 aliphatic carbocycles. The van der Waals surface area contributed by atoms with Gasteiger partial charge in [-0.1, -0.05) is 25.5 Å². The molecule has 0 amide bonds. The number of hydrogen-bond acceptors (Lipinski definition) is 4. The minimum atomic E-state index is -3.39. The van der Waals surface area contributed by atoms with Gasteiger partial charge in [-0.2, -0.15) is 0 Å². The van der Waals surface area contributed by atoms with E-state index < -0.39 is 10.0 Å². The normalized spacial score (nSPS) is 14.4. The first kappa shape index (κ1) is 25.1. The lowest BCUT2D eigenvalue weighted by Gasteiger charge is -2.12. The van der Waals surface area contributed by atoms with Crippen molar-refractivity contribution in [3.63, 3.8) is 0 Å². The molecule has 1 saturated carbocycles. The summed E-state index contributed by atoms with van der Waals surface area (Å²) in [6.07, 6.45) is 5.04. The number of unbranched alkanes of at least 4 members (excludes halogenated alkanes) is 1. The first-order valence-electron chi connectivity index (χ1n) is 9.68. The maximum Gasteiger partial charge on any atom is 0.240 e. The average molecular weight is 524 g/mol. The molecule has 0 aromatic heterocycles. The molecule has 3 N–H and O–H groups in total. The van der Waals surface area contributed by atoms with Gasteiger partial charge in [0.15, 0.2) is 5.96 Å². The van der Waals surface area contributed by atoms with Gasteiger partial charge in [0.05, 0.1) is 4.90 Å². The lowest BCUT2D eigenvalue weighted by atomic mass is 10.2. The van der Waals surface area contributed by atoms with Crippen molar-refractivity contribution in [2.75, 3.05) is 26.8 Å². The van der Waals surface area contributed by atoms with Crippen LogP contribution in [0.3, 0.4) is 0 Å². The zero-order chi connectivity index (χ0) is 19.5. The molecule has 1 fully saturated rings. The molecule has 9 heteroatoms. The molecule has 0 heterocycles. The summed E-state index contributed by atoms with van der Waals surface area (Å²) >= 11 is 0. The van der Waals surface area contributed by atoms with Gasteiger partial charge in [-0.05, 0) is 43.4 Å². The quantitative estimate of drug-likeness (QED) is 0.169. The van der Waals surface area contributed by atoms with Crippen LogP contribution in [0, 0.1) is 0 Å². The van der Waals surface area contributed by atoms with Gasteiger partial charge < -0.3 is 15.4 Å². The average Bonchev–Trinajstić information content (AvgIpc) is 3.47. The van der Waals surface area contributed by atoms with Crippen LogP contribution in [0.25, 0.3) is 0 Å². The van der Waals surface area contributed by atoms with E-state index in [0.717, 1.165) is 63.4 Å². The third-order valence-electron chi connectivity index (χ3n) is 4.22. The molecule has 28 heavy (non-hydrogen) atoms. The van der Waals surface area contributed by atoms with E-state index in [0.29, 0.717) is 11.4 Å². The van der Waals surface area contributed by atoms with E-state index in [2.05, 4.69) is 27.3 Å². The number of nitrogens with zero attached hydrogens (tertiary/aromatic N) is 1. The molecular formula is C19H33IN4O3S. The predicted octanol–water partition coefficient (Wildman–Crippen LogP) is 2.62. The zero-order valence-corrected chi connectivity index (χ0v) is 19.9. The molecule has 0 atom stereocenters. The molecule has 0 saturated heterocycles. The Hall–Kier alpha value is -0.910. The first-order chi connectivity index (χ1) is 13.0. The second kappa shape index (κ2) is 13.3. The van der Waals surface area contributed by atoms with Crippen molar-refractivity contribution in [2.45, 2.75) is 56.5 Å². The van der Waals surface area contributed by atoms with Crippen molar-refractivity contribution in [1.29, 1.82) is 0 Å². The fraction of sp³-hybridized carbons (Fsp3) is 0.632. The highest BCUT2D eigenvalue weighted by molar-refractivity contribution is 14.0. The number of aliphatic imine (C=N–C) groups is 1. The molecule has 7 nitrogen and oxygen atoms in total. The third kappa shape index (κ3) is 9.53. The van der Waals surface area contributed by atoms with Crippen LogP contribution in [-0.2, 0) is 21.3 Å². The fourth-order valence-corrected chi connectivity index (χ4v) is 3.72. The van der Waals surface area contributed by atoms with Crippen LogP contribution < -0.4 is 15.4 Å². The molecule has 160 valence electrons. The molecule has 1 aliphatic rings. The van der Waals surface area contributed by atoms with Crippen LogP contribution in [0.2, 0.25) is 0 Å². The number of sulfonamides is 1. The minimum absolute atomic E-state index is 0. The number of hydrogen-bond donors (Lipinski definition) is 3. The standard InChI is InChI=1S/C19H32N4O3S.HI/c1-3-4-13-26-14-5-12-21-19(20-2)22-15-16-6-10-18(11-7-16)27(24,25)23-17-8-9-17;/h6-7,10-11,17,23H,3-5,8-9,12-15H2,1-2H3,(H2,20,21,22);1H. The number of guanidine groups is 1. The highest BCUT2D eigenvalue weighted by Crippen LogP contribution is 2.22. The Labute approximate surface area is 186 Å². The van der Waals surface area contributed by atoms with E-state index in [1.165, 1.54) is 0 Å². The van der Waals surface area contributed by atoms with Gasteiger partial charge >= 0.3 is 0 Å². The van der Waals surface area contributed by atoms with Crippen molar-refractivity contribution in [3.8, 4) is 0 Å². The van der Waals surface area contributed by atoms with E-state index in [1.807, 2.05) is 12.1 Å². The lowest BCUT2D eigenvalue weighted by molar-refractivity contribution is 0.129. The number of nitrogens with one attached hydrogen (secondary N) is 3. The van der Waals surface area contributed by atoms with Crippen LogP contribution >= 0.6 is 24.0 Å². The molecule has 1 aromatic carbocycles. The Morgan fingerprint density at radius 3 is 2.43 bits per heavy atom. The molecule has 0 aliphatic heterocycles. The molecule has 1 aromatic rings. The first-order valence-corrected chi connectivity index (χ1v) is 11.2. The smallest absolute Gasteiger partial charge is 0.240 e. The highest BCUT2D eigenvalue weighted by atomic mass is 127. The van der Waals surface area contributed by atoms with Gasteiger partial charge in [0.1, 0.15) is 0 Å². The predicted molar refractivity (Wildman–Crippen MR) is 124 cm³/mol. The van der Waals surface area contributed by atoms with Crippen molar-refractivity contribution < 1.29 is 13.2 Å². The van der Waals surface area contributed by atoms with Crippen LogP contribution in [0.1, 0.15) is 44.6 Å². The summed E-state index contributed by atoms with van der Waals surface area (Å²) in [7, 11) is -1.66. The summed E-state index contributed by atoms with van der Waals surface area (Å²) < 4.78 is 32.6. The highest BCUT2D eigenvalue weighted by Gasteiger charge is 2.27. The number of ether oxygens (including phenoxy) is 1. The van der Waals surface area contributed by atoms with Crippen LogP contribution in [0.4, 0.5) is 0 Å². The molecule has 0 bridgehead atoms. The maximum atomic E-state index is 12.2.